The molecule has 0 fully saturated rings. The lowest BCUT2D eigenvalue weighted by Crippen LogP contribution is -2.35. The summed E-state index contributed by atoms with van der Waals surface area (Å²) in [6.45, 7) is 4.09. The lowest BCUT2D eigenvalue weighted by atomic mass is 10.1. The molecule has 0 aliphatic heterocycles. The molecule has 0 spiro atoms. The van der Waals surface area contributed by atoms with Crippen molar-refractivity contribution in [2.75, 3.05) is 12.4 Å². The molecular formula is C20H24N2O3S. The molecule has 0 saturated carbocycles. The van der Waals surface area contributed by atoms with Crippen molar-refractivity contribution in [1.82, 2.24) is 5.32 Å². The Morgan fingerprint density at radius 2 is 1.88 bits per heavy atom. The number of methoxy groups -OCH3 is 1. The second kappa shape index (κ2) is 9.77. The minimum Gasteiger partial charge on any atom is -0.497 e. The first-order chi connectivity index (χ1) is 12.5. The Morgan fingerprint density at radius 1 is 1.15 bits per heavy atom. The molecule has 0 heterocycles. The predicted molar refractivity (Wildman–Crippen MR) is 108 cm³/mol. The van der Waals surface area contributed by atoms with E-state index in [1.807, 2.05) is 55.5 Å². The molecule has 6 heteroatoms. The summed E-state index contributed by atoms with van der Waals surface area (Å²) in [6, 6.07) is 14.8. The summed E-state index contributed by atoms with van der Waals surface area (Å²) < 4.78 is 10.9. The maximum atomic E-state index is 12.1. The van der Waals surface area contributed by atoms with Gasteiger partial charge in [0.15, 0.2) is 5.11 Å². The molecule has 0 aliphatic rings. The molecule has 0 aromatic heterocycles. The minimum atomic E-state index is -0.181. The Labute approximate surface area is 159 Å². The SMILES string of the molecule is CCC(C)Oc1cccc(NC(=S)NC(=O)Cc2ccc(OC)cc2)c1. The first kappa shape index (κ1) is 19.7. The third-order valence-corrected chi connectivity index (χ3v) is 3.98. The average Bonchev–Trinajstić information content (AvgIpc) is 2.62. The van der Waals surface area contributed by atoms with Gasteiger partial charge in [-0.1, -0.05) is 25.1 Å². The largest absolute Gasteiger partial charge is 0.497 e. The molecular weight excluding hydrogens is 348 g/mol. The summed E-state index contributed by atoms with van der Waals surface area (Å²) >= 11 is 5.22. The second-order valence-electron chi connectivity index (χ2n) is 5.89. The molecule has 2 N–H and O–H groups in total. The van der Waals surface area contributed by atoms with Gasteiger partial charge in [-0.3, -0.25) is 4.79 Å². The highest BCUT2D eigenvalue weighted by Gasteiger charge is 2.08. The normalized spacial score (nSPS) is 11.3. The molecule has 0 saturated heterocycles. The number of carbonyl (C=O) groups is 1. The zero-order valence-electron chi connectivity index (χ0n) is 15.2. The van der Waals surface area contributed by atoms with Gasteiger partial charge < -0.3 is 20.1 Å². The number of ether oxygens (including phenoxy) is 2. The van der Waals surface area contributed by atoms with Crippen LogP contribution in [0.25, 0.3) is 0 Å². The third-order valence-electron chi connectivity index (χ3n) is 3.78. The summed E-state index contributed by atoms with van der Waals surface area (Å²) in [5.41, 5.74) is 1.65. The van der Waals surface area contributed by atoms with Crippen LogP contribution in [0, 0.1) is 0 Å². The summed E-state index contributed by atoms with van der Waals surface area (Å²) in [5, 5.41) is 5.95. The Balaban J connectivity index is 1.87. The lowest BCUT2D eigenvalue weighted by molar-refractivity contribution is -0.119. The van der Waals surface area contributed by atoms with Crippen molar-refractivity contribution in [3.63, 3.8) is 0 Å². The highest BCUT2D eigenvalue weighted by Crippen LogP contribution is 2.19. The first-order valence-electron chi connectivity index (χ1n) is 8.50. The quantitative estimate of drug-likeness (QED) is 0.721. The fourth-order valence-corrected chi connectivity index (χ4v) is 2.46. The van der Waals surface area contributed by atoms with Gasteiger partial charge in [-0.15, -0.1) is 0 Å². The molecule has 1 unspecified atom stereocenters. The van der Waals surface area contributed by atoms with Crippen molar-refractivity contribution in [3.05, 3.63) is 54.1 Å². The van der Waals surface area contributed by atoms with Crippen LogP contribution in [0.4, 0.5) is 5.69 Å². The van der Waals surface area contributed by atoms with Crippen LogP contribution in [0.2, 0.25) is 0 Å². The van der Waals surface area contributed by atoms with E-state index in [0.717, 1.165) is 29.2 Å². The molecule has 2 aromatic rings. The van der Waals surface area contributed by atoms with Crippen molar-refractivity contribution in [2.45, 2.75) is 32.8 Å². The lowest BCUT2D eigenvalue weighted by Gasteiger charge is -2.14. The molecule has 1 amide bonds. The van der Waals surface area contributed by atoms with Crippen molar-refractivity contribution >= 4 is 28.9 Å². The van der Waals surface area contributed by atoms with E-state index in [4.69, 9.17) is 21.7 Å². The molecule has 138 valence electrons. The second-order valence-corrected chi connectivity index (χ2v) is 6.30. The molecule has 2 rings (SSSR count). The Kier molecular flexibility index (Phi) is 7.41. The molecule has 0 aliphatic carbocycles. The van der Waals surface area contributed by atoms with Gasteiger partial charge >= 0.3 is 0 Å². The predicted octanol–water partition coefficient (Wildman–Crippen LogP) is 3.93. The Hall–Kier alpha value is -2.60. The number of hydrogen-bond donors (Lipinski definition) is 2. The Bertz CT molecular complexity index is 747. The van der Waals surface area contributed by atoms with E-state index in [1.165, 1.54) is 0 Å². The molecule has 26 heavy (non-hydrogen) atoms. The van der Waals surface area contributed by atoms with E-state index >= 15 is 0 Å². The van der Waals surface area contributed by atoms with Crippen molar-refractivity contribution in [1.29, 1.82) is 0 Å². The fraction of sp³-hybridized carbons (Fsp3) is 0.300. The maximum absolute atomic E-state index is 12.1. The van der Waals surface area contributed by atoms with Crippen LogP contribution >= 0.6 is 12.2 Å². The highest BCUT2D eigenvalue weighted by atomic mass is 32.1. The molecule has 0 radical (unpaired) electrons. The minimum absolute atomic E-state index is 0.140. The molecule has 5 nitrogen and oxygen atoms in total. The highest BCUT2D eigenvalue weighted by molar-refractivity contribution is 7.80. The number of carbonyl (C=O) groups excluding carboxylic acids is 1. The average molecular weight is 372 g/mol. The standard InChI is InChI=1S/C20H24N2O3S/c1-4-14(2)25-18-7-5-6-16(13-18)21-20(26)22-19(23)12-15-8-10-17(24-3)11-9-15/h5-11,13-14H,4,12H2,1-3H3,(H2,21,22,23,26). The van der Waals surface area contributed by atoms with Gasteiger partial charge in [-0.05, 0) is 55.4 Å². The van der Waals surface area contributed by atoms with Gasteiger partial charge in [0.2, 0.25) is 5.91 Å². The Morgan fingerprint density at radius 3 is 2.54 bits per heavy atom. The van der Waals surface area contributed by atoms with E-state index < -0.39 is 0 Å². The van der Waals surface area contributed by atoms with Crippen LogP contribution in [-0.4, -0.2) is 24.2 Å². The van der Waals surface area contributed by atoms with Gasteiger partial charge in [0.1, 0.15) is 11.5 Å². The van der Waals surface area contributed by atoms with Crippen LogP contribution in [0.1, 0.15) is 25.8 Å². The zero-order valence-corrected chi connectivity index (χ0v) is 16.1. The summed E-state index contributed by atoms with van der Waals surface area (Å²) in [6.07, 6.45) is 1.31. The van der Waals surface area contributed by atoms with Crippen LogP contribution < -0.4 is 20.1 Å². The van der Waals surface area contributed by atoms with Crippen LogP contribution in [0.5, 0.6) is 11.5 Å². The van der Waals surface area contributed by atoms with Gasteiger partial charge in [0, 0.05) is 11.8 Å². The number of anilines is 1. The van der Waals surface area contributed by atoms with E-state index in [9.17, 15) is 4.79 Å². The fourth-order valence-electron chi connectivity index (χ4n) is 2.22. The molecule has 2 aromatic carbocycles. The van der Waals surface area contributed by atoms with Gasteiger partial charge in [-0.2, -0.15) is 0 Å². The van der Waals surface area contributed by atoms with Gasteiger partial charge in [-0.25, -0.2) is 0 Å². The van der Waals surface area contributed by atoms with Gasteiger partial charge in [0.25, 0.3) is 0 Å². The number of thiocarbonyl (C=S) groups is 1. The summed E-state index contributed by atoms with van der Waals surface area (Å²) in [4.78, 5) is 12.1. The summed E-state index contributed by atoms with van der Waals surface area (Å²) in [5.74, 6) is 1.34. The van der Waals surface area contributed by atoms with E-state index in [-0.39, 0.29) is 23.5 Å². The van der Waals surface area contributed by atoms with Crippen LogP contribution in [-0.2, 0) is 11.2 Å². The number of rotatable bonds is 7. The number of benzene rings is 2. The number of amides is 1. The van der Waals surface area contributed by atoms with Crippen LogP contribution in [0.15, 0.2) is 48.5 Å². The monoisotopic (exact) mass is 372 g/mol. The van der Waals surface area contributed by atoms with Gasteiger partial charge in [0.05, 0.1) is 19.6 Å². The van der Waals surface area contributed by atoms with Crippen molar-refractivity contribution in [2.24, 2.45) is 0 Å². The van der Waals surface area contributed by atoms with Crippen molar-refractivity contribution in [3.8, 4) is 11.5 Å². The number of nitrogens with one attached hydrogen (secondary N) is 2. The van der Waals surface area contributed by atoms with E-state index in [0.29, 0.717) is 0 Å². The third kappa shape index (κ3) is 6.37. The molecule has 0 bridgehead atoms. The zero-order chi connectivity index (χ0) is 18.9. The number of hydrogen-bond acceptors (Lipinski definition) is 4. The first-order valence-corrected chi connectivity index (χ1v) is 8.91. The maximum Gasteiger partial charge on any atom is 0.230 e. The topological polar surface area (TPSA) is 59.6 Å². The summed E-state index contributed by atoms with van der Waals surface area (Å²) in [7, 11) is 1.61. The smallest absolute Gasteiger partial charge is 0.230 e. The van der Waals surface area contributed by atoms with E-state index in [1.54, 1.807) is 7.11 Å². The molecule has 1 atom stereocenters. The van der Waals surface area contributed by atoms with Crippen molar-refractivity contribution < 1.29 is 14.3 Å². The van der Waals surface area contributed by atoms with E-state index in [2.05, 4.69) is 17.6 Å². The van der Waals surface area contributed by atoms with Crippen LogP contribution in [0.3, 0.4) is 0 Å².